The van der Waals surface area contributed by atoms with Gasteiger partial charge in [0.2, 0.25) is 0 Å². The number of hydrogen-bond acceptors (Lipinski definition) is 19. The van der Waals surface area contributed by atoms with Crippen LogP contribution in [0.25, 0.3) is 6.08 Å². The van der Waals surface area contributed by atoms with Crippen molar-refractivity contribution >= 4 is 12.0 Å². The second-order valence-corrected chi connectivity index (χ2v) is 13.3. The average molecular weight is 771 g/mol. The zero-order valence-electron chi connectivity index (χ0n) is 29.1. The van der Waals surface area contributed by atoms with Gasteiger partial charge in [-0.2, -0.15) is 0 Å². The summed E-state index contributed by atoms with van der Waals surface area (Å²) in [5.74, 6) is -2.62. The predicted molar refractivity (Wildman–Crippen MR) is 178 cm³/mol. The Morgan fingerprint density at radius 1 is 0.648 bits per heavy atom. The number of phenolic OH excluding ortho intramolecular Hbond substituents is 4. The zero-order chi connectivity index (χ0) is 39.4. The van der Waals surface area contributed by atoms with E-state index < -0.39 is 116 Å². The lowest BCUT2D eigenvalue weighted by molar-refractivity contribution is -0.363. The van der Waals surface area contributed by atoms with E-state index in [4.69, 9.17) is 33.2 Å². The number of aliphatic hydroxyl groups excluding tert-OH is 7. The van der Waals surface area contributed by atoms with E-state index in [1.165, 1.54) is 56.3 Å². The van der Waals surface area contributed by atoms with Gasteiger partial charge in [-0.05, 0) is 61.7 Å². The van der Waals surface area contributed by atoms with Crippen LogP contribution in [0.5, 0.6) is 23.0 Å². The molecule has 0 unspecified atom stereocenters. The van der Waals surface area contributed by atoms with Crippen LogP contribution in [0.15, 0.2) is 42.5 Å². The Morgan fingerprint density at radius 2 is 1.22 bits per heavy atom. The van der Waals surface area contributed by atoms with Gasteiger partial charge in [0, 0.05) is 6.08 Å². The molecular weight excluding hydrogens is 724 g/mol. The highest BCUT2D eigenvalue weighted by atomic mass is 16.8. The van der Waals surface area contributed by atoms with Gasteiger partial charge in [0.15, 0.2) is 48.0 Å². The van der Waals surface area contributed by atoms with Crippen LogP contribution in [0, 0.1) is 0 Å². The minimum Gasteiger partial charge on any atom is -0.504 e. The van der Waals surface area contributed by atoms with E-state index in [1.807, 2.05) is 0 Å². The standard InChI is InChI=1S/C35H46O19/c1-14-24(41)26(43)28(45)33(50-14)49-13-22-31(53-23(40)8-5-16-3-6-18(36)20(38)11-16)32(54-35-29(46)27(44)25(42)15(2)51-35)30(47)34(52-22)48-10-9-17-4-7-19(37)21(39)12-17/h3-8,11-12,14-15,22,24-39,41-47H,9-10,13H2,1-2H3/b8-5+/t14-,15-,22+,24+,25-,26+,27+,28-,29+,30+,31+,32+,33-,34+,35+/m1/s1. The molecule has 11 N–H and O–H groups in total. The van der Waals surface area contributed by atoms with E-state index in [9.17, 15) is 61.0 Å². The first-order valence-corrected chi connectivity index (χ1v) is 17.1. The van der Waals surface area contributed by atoms with Crippen molar-refractivity contribution in [2.24, 2.45) is 0 Å². The highest BCUT2D eigenvalue weighted by Crippen LogP contribution is 2.33. The number of phenols is 4. The second kappa shape index (κ2) is 17.9. The van der Waals surface area contributed by atoms with Gasteiger partial charge in [-0.3, -0.25) is 0 Å². The number of esters is 1. The molecule has 54 heavy (non-hydrogen) atoms. The molecule has 3 heterocycles. The normalized spacial score (nSPS) is 37.3. The molecule has 3 aliphatic heterocycles. The monoisotopic (exact) mass is 770 g/mol. The van der Waals surface area contributed by atoms with E-state index in [1.54, 1.807) is 0 Å². The quantitative estimate of drug-likeness (QED) is 0.0622. The maximum Gasteiger partial charge on any atom is 0.331 e. The Hall–Kier alpha value is -3.67. The Kier molecular flexibility index (Phi) is 13.7. The summed E-state index contributed by atoms with van der Waals surface area (Å²) >= 11 is 0. The molecule has 3 fully saturated rings. The zero-order valence-corrected chi connectivity index (χ0v) is 29.1. The Labute approximate surface area is 308 Å². The molecule has 2 aromatic rings. The minimum absolute atomic E-state index is 0.134. The summed E-state index contributed by atoms with van der Waals surface area (Å²) < 4.78 is 40.4. The van der Waals surface area contributed by atoms with Crippen LogP contribution in [-0.2, 0) is 44.4 Å². The first kappa shape index (κ1) is 41.5. The molecule has 3 saturated heterocycles. The third-order valence-corrected chi connectivity index (χ3v) is 9.32. The SMILES string of the molecule is C[C@H]1O[C@@H](OC[C@@H]2O[C@H](OCCc3ccc(O)c(O)c3)[C@@H](O)[C@H](O[C@@H]3O[C@H](C)[C@@H](O)[C@H](O)[C@@H]3O)[C@H]2OC(=O)/C=C/c2ccc(O)c(O)c2)[C@H](O)[C@@H](O)[C@H]1O. The fourth-order valence-corrected chi connectivity index (χ4v) is 6.08. The number of rotatable bonds is 12. The lowest BCUT2D eigenvalue weighted by atomic mass is 9.96. The largest absolute Gasteiger partial charge is 0.504 e. The molecule has 2 aromatic carbocycles. The van der Waals surface area contributed by atoms with Crippen molar-refractivity contribution in [2.75, 3.05) is 13.2 Å². The van der Waals surface area contributed by atoms with E-state index >= 15 is 0 Å². The molecule has 5 rings (SSSR count). The molecule has 0 aromatic heterocycles. The third kappa shape index (κ3) is 9.58. The first-order valence-electron chi connectivity index (χ1n) is 17.1. The smallest absolute Gasteiger partial charge is 0.331 e. The number of carbonyl (C=O) groups excluding carboxylic acids is 1. The molecule has 0 saturated carbocycles. The van der Waals surface area contributed by atoms with Crippen LogP contribution in [0.2, 0.25) is 0 Å². The molecular formula is C35H46O19. The number of carbonyl (C=O) groups is 1. The molecule has 0 amide bonds. The van der Waals surface area contributed by atoms with Gasteiger partial charge in [-0.25, -0.2) is 4.79 Å². The Balaban J connectivity index is 1.43. The fourth-order valence-electron chi connectivity index (χ4n) is 6.08. The van der Waals surface area contributed by atoms with E-state index in [2.05, 4.69) is 0 Å². The summed E-state index contributed by atoms with van der Waals surface area (Å²) in [5.41, 5.74) is 0.811. The molecule has 19 heteroatoms. The number of aliphatic hydroxyl groups is 7. The van der Waals surface area contributed by atoms with Gasteiger partial charge in [-0.1, -0.05) is 12.1 Å². The van der Waals surface area contributed by atoms with Gasteiger partial charge >= 0.3 is 5.97 Å². The van der Waals surface area contributed by atoms with Crippen LogP contribution >= 0.6 is 0 Å². The van der Waals surface area contributed by atoms with Crippen molar-refractivity contribution in [3.05, 3.63) is 53.6 Å². The maximum atomic E-state index is 13.3. The number of hydrogen-bond donors (Lipinski definition) is 11. The Bertz CT molecular complexity index is 1590. The average Bonchev–Trinajstić information content (AvgIpc) is 3.14. The summed E-state index contributed by atoms with van der Waals surface area (Å²) in [6.07, 6.45) is -21.1. The Morgan fingerprint density at radius 3 is 1.85 bits per heavy atom. The molecule has 0 aliphatic carbocycles. The molecule has 0 radical (unpaired) electrons. The highest BCUT2D eigenvalue weighted by molar-refractivity contribution is 5.87. The maximum absolute atomic E-state index is 13.3. The van der Waals surface area contributed by atoms with E-state index in [0.29, 0.717) is 5.56 Å². The molecule has 3 aliphatic rings. The van der Waals surface area contributed by atoms with Crippen LogP contribution in [0.4, 0.5) is 0 Å². The fraction of sp³-hybridized carbons (Fsp3) is 0.571. The van der Waals surface area contributed by atoms with Crippen molar-refractivity contribution < 1.29 is 94.1 Å². The molecule has 0 spiro atoms. The summed E-state index contributed by atoms with van der Waals surface area (Å²) in [6, 6.07) is 7.83. The van der Waals surface area contributed by atoms with E-state index in [-0.39, 0.29) is 30.1 Å². The van der Waals surface area contributed by atoms with Gasteiger partial charge in [0.1, 0.15) is 54.9 Å². The number of aromatic hydroxyl groups is 4. The summed E-state index contributed by atoms with van der Waals surface area (Å²) in [7, 11) is 0. The van der Waals surface area contributed by atoms with Crippen molar-refractivity contribution in [1.29, 1.82) is 0 Å². The molecule has 15 atom stereocenters. The van der Waals surface area contributed by atoms with Crippen molar-refractivity contribution in [2.45, 2.75) is 112 Å². The molecule has 300 valence electrons. The number of ether oxygens (including phenoxy) is 7. The lowest BCUT2D eigenvalue weighted by Gasteiger charge is -2.47. The lowest BCUT2D eigenvalue weighted by Crippen LogP contribution is -2.65. The molecule has 19 nitrogen and oxygen atoms in total. The van der Waals surface area contributed by atoms with Crippen molar-refractivity contribution in [3.63, 3.8) is 0 Å². The third-order valence-electron chi connectivity index (χ3n) is 9.32. The summed E-state index contributed by atoms with van der Waals surface area (Å²) in [6.45, 7) is 2.06. The van der Waals surface area contributed by atoms with Crippen molar-refractivity contribution in [1.82, 2.24) is 0 Å². The summed E-state index contributed by atoms with van der Waals surface area (Å²) in [5, 5.41) is 113. The topological polar surface area (TPSA) is 304 Å². The van der Waals surface area contributed by atoms with Crippen LogP contribution in [0.1, 0.15) is 25.0 Å². The van der Waals surface area contributed by atoms with Gasteiger partial charge in [0.25, 0.3) is 0 Å². The van der Waals surface area contributed by atoms with Gasteiger partial charge < -0.3 is 89.3 Å². The highest BCUT2D eigenvalue weighted by Gasteiger charge is 2.53. The second-order valence-electron chi connectivity index (χ2n) is 13.3. The number of benzene rings is 2. The summed E-state index contributed by atoms with van der Waals surface area (Å²) in [4.78, 5) is 13.3. The van der Waals surface area contributed by atoms with Crippen LogP contribution in [-0.4, -0.2) is 167 Å². The predicted octanol–water partition coefficient (Wildman–Crippen LogP) is -2.16. The van der Waals surface area contributed by atoms with Gasteiger partial charge in [0.05, 0.1) is 25.4 Å². The van der Waals surface area contributed by atoms with Crippen LogP contribution in [0.3, 0.4) is 0 Å². The minimum atomic E-state index is -1.86. The van der Waals surface area contributed by atoms with Gasteiger partial charge in [-0.15, -0.1) is 0 Å². The van der Waals surface area contributed by atoms with E-state index in [0.717, 1.165) is 6.08 Å². The first-order chi connectivity index (χ1) is 25.5. The molecule has 0 bridgehead atoms. The van der Waals surface area contributed by atoms with Crippen LogP contribution < -0.4 is 0 Å². The van der Waals surface area contributed by atoms with Crippen molar-refractivity contribution in [3.8, 4) is 23.0 Å².